The molecule has 1 aromatic heterocycles. The molecule has 3 heterocycles. The van der Waals surface area contributed by atoms with Crippen LogP contribution in [0.5, 0.6) is 0 Å². The molecular weight excluding hydrogens is 582 g/mol. The zero-order chi connectivity index (χ0) is 31.8. The van der Waals surface area contributed by atoms with Crippen LogP contribution in [0.3, 0.4) is 0 Å². The topological polar surface area (TPSA) is 138 Å². The van der Waals surface area contributed by atoms with Crippen molar-refractivity contribution < 1.29 is 24.0 Å². The van der Waals surface area contributed by atoms with Gasteiger partial charge in [0.25, 0.3) is 0 Å². The number of fused-ring (bicyclic) bond motifs is 2. The number of para-hydroxylation sites is 1. The predicted octanol–water partition coefficient (Wildman–Crippen LogP) is 4.39. The Balaban J connectivity index is 1.71. The maximum atomic E-state index is 14.1. The Morgan fingerprint density at radius 1 is 1.00 bits per heavy atom. The molecule has 0 saturated carbocycles. The van der Waals surface area contributed by atoms with Crippen LogP contribution in [0.25, 0.3) is 10.9 Å². The zero-order valence-corrected chi connectivity index (χ0v) is 26.6. The van der Waals surface area contributed by atoms with E-state index in [4.69, 9.17) is 11.6 Å². The fourth-order valence-electron chi connectivity index (χ4n) is 5.98. The highest BCUT2D eigenvalue weighted by Crippen LogP contribution is 2.31. The summed E-state index contributed by atoms with van der Waals surface area (Å²) in [5.41, 5.74) is 0.930. The van der Waals surface area contributed by atoms with Crippen molar-refractivity contribution in [3.8, 4) is 0 Å². The van der Waals surface area contributed by atoms with E-state index in [1.54, 1.807) is 17.0 Å². The molecule has 2 fully saturated rings. The van der Waals surface area contributed by atoms with Gasteiger partial charge in [-0.3, -0.25) is 29.0 Å². The van der Waals surface area contributed by atoms with Crippen molar-refractivity contribution >= 4 is 51.9 Å². The second kappa shape index (κ2) is 15.5. The van der Waals surface area contributed by atoms with E-state index in [0.717, 1.165) is 12.8 Å². The van der Waals surface area contributed by atoms with Crippen LogP contribution in [0.15, 0.2) is 30.5 Å². The van der Waals surface area contributed by atoms with Crippen molar-refractivity contribution in [2.45, 2.75) is 109 Å². The van der Waals surface area contributed by atoms with Crippen molar-refractivity contribution in [3.05, 3.63) is 41.0 Å². The minimum absolute atomic E-state index is 0.189. The zero-order valence-electron chi connectivity index (χ0n) is 25.9. The molecule has 4 rings (SSSR count). The van der Waals surface area contributed by atoms with Crippen molar-refractivity contribution in [2.24, 2.45) is 5.92 Å². The van der Waals surface area contributed by atoms with E-state index in [-0.39, 0.29) is 28.5 Å². The number of carbonyl (C=O) groups excluding carboxylic acids is 5. The molecule has 5 atom stereocenters. The Morgan fingerprint density at radius 2 is 1.77 bits per heavy atom. The Morgan fingerprint density at radius 3 is 2.52 bits per heavy atom. The summed E-state index contributed by atoms with van der Waals surface area (Å²) < 4.78 is 0. The molecule has 238 valence electrons. The second-order valence-corrected chi connectivity index (χ2v) is 12.3. The third kappa shape index (κ3) is 7.75. The van der Waals surface area contributed by atoms with Gasteiger partial charge in [-0.05, 0) is 44.1 Å². The first-order valence-electron chi connectivity index (χ1n) is 15.9. The number of nitrogens with zero attached hydrogens (tertiary/aromatic N) is 2. The molecule has 2 aromatic rings. The van der Waals surface area contributed by atoms with Gasteiger partial charge in [0.05, 0.1) is 10.5 Å². The number of pyridine rings is 1. The van der Waals surface area contributed by atoms with Crippen molar-refractivity contribution in [2.75, 3.05) is 6.54 Å². The number of hydrogen-bond acceptors (Lipinski definition) is 6. The van der Waals surface area contributed by atoms with Crippen LogP contribution in [0, 0.1) is 5.92 Å². The highest BCUT2D eigenvalue weighted by molar-refractivity contribution is 6.36. The van der Waals surface area contributed by atoms with E-state index >= 15 is 0 Å². The van der Waals surface area contributed by atoms with Gasteiger partial charge in [0.1, 0.15) is 30.0 Å². The SMILES string of the molecule is CCC(=O)CCCCC[C@@H]1NC(=O)[C@H]2CCCCN2C(=O)[C@H]([C@@H](C)CC)NC(=O)[C@@H](c2cnc3ccccc3c2Cl)NC1=O. The fourth-order valence-corrected chi connectivity index (χ4v) is 6.30. The first-order chi connectivity index (χ1) is 21.2. The van der Waals surface area contributed by atoms with E-state index in [1.807, 2.05) is 32.9 Å². The molecule has 2 aliphatic rings. The highest BCUT2D eigenvalue weighted by Gasteiger charge is 2.41. The van der Waals surface area contributed by atoms with Gasteiger partial charge in [0.2, 0.25) is 23.6 Å². The average Bonchev–Trinajstić information content (AvgIpc) is 3.04. The number of carbonyl (C=O) groups is 5. The first-order valence-corrected chi connectivity index (χ1v) is 16.3. The molecule has 0 radical (unpaired) electrons. The van der Waals surface area contributed by atoms with Gasteiger partial charge >= 0.3 is 0 Å². The van der Waals surface area contributed by atoms with E-state index < -0.39 is 36.0 Å². The number of amides is 4. The van der Waals surface area contributed by atoms with Crippen LogP contribution in [0.2, 0.25) is 5.02 Å². The molecule has 0 unspecified atom stereocenters. The van der Waals surface area contributed by atoms with Gasteiger partial charge in [-0.1, -0.05) is 69.8 Å². The maximum Gasteiger partial charge on any atom is 0.248 e. The number of rotatable bonds is 10. The van der Waals surface area contributed by atoms with Crippen LogP contribution < -0.4 is 16.0 Å². The van der Waals surface area contributed by atoms with Gasteiger partial charge in [0.15, 0.2) is 0 Å². The average molecular weight is 626 g/mol. The summed E-state index contributed by atoms with van der Waals surface area (Å²) in [5.74, 6) is -1.83. The number of unbranched alkanes of at least 4 members (excludes halogenated alkanes) is 2. The molecule has 2 aliphatic heterocycles. The van der Waals surface area contributed by atoms with Crippen molar-refractivity contribution in [1.82, 2.24) is 25.8 Å². The van der Waals surface area contributed by atoms with E-state index in [9.17, 15) is 24.0 Å². The second-order valence-electron chi connectivity index (χ2n) is 12.0. The Bertz CT molecular complexity index is 1380. The summed E-state index contributed by atoms with van der Waals surface area (Å²) in [5, 5.41) is 9.57. The molecule has 4 amide bonds. The van der Waals surface area contributed by atoms with Gasteiger partial charge in [0, 0.05) is 36.5 Å². The molecule has 2 saturated heterocycles. The molecule has 0 spiro atoms. The molecule has 3 N–H and O–H groups in total. The standard InChI is InChI=1S/C33H44ClN5O5/c1-4-20(3)28-33(44)39-18-12-11-17-26(39)31(42)36-25(16-8-6-7-13-21(40)5-2)30(41)38-29(32(43)37-28)23-19-35-24-15-10-9-14-22(24)27(23)34/h9-10,14-15,19-20,25-26,28-29H,4-8,11-13,16-18H2,1-3H3,(H,36,42)(H,37,43)(H,38,41)/t20-,25-,26+,28-,29+/m0/s1. The number of Topliss-reactive ketones (excluding diaryl/α,β-unsaturated/α-hetero) is 1. The molecule has 0 bridgehead atoms. The molecule has 44 heavy (non-hydrogen) atoms. The summed E-state index contributed by atoms with van der Waals surface area (Å²) in [4.78, 5) is 73.5. The van der Waals surface area contributed by atoms with Crippen LogP contribution in [0.4, 0.5) is 0 Å². The normalized spacial score (nSPS) is 24.0. The fraction of sp³-hybridized carbons (Fsp3) is 0.576. The van der Waals surface area contributed by atoms with Gasteiger partial charge in [-0.25, -0.2) is 0 Å². The third-order valence-corrected chi connectivity index (χ3v) is 9.36. The first kappa shape index (κ1) is 33.4. The maximum absolute atomic E-state index is 14.1. The summed E-state index contributed by atoms with van der Waals surface area (Å²) in [6.07, 6.45) is 7.37. The van der Waals surface area contributed by atoms with Crippen molar-refractivity contribution in [3.63, 3.8) is 0 Å². The number of aromatic nitrogens is 1. The van der Waals surface area contributed by atoms with E-state index in [1.165, 1.54) is 6.20 Å². The lowest BCUT2D eigenvalue weighted by Crippen LogP contribution is -2.62. The minimum Gasteiger partial charge on any atom is -0.343 e. The number of nitrogens with one attached hydrogen (secondary N) is 3. The quantitative estimate of drug-likeness (QED) is 0.335. The number of hydrogen-bond donors (Lipinski definition) is 3. The minimum atomic E-state index is -1.26. The molecular formula is C33H44ClN5O5. The Hall–Kier alpha value is -3.53. The van der Waals surface area contributed by atoms with Gasteiger partial charge < -0.3 is 20.9 Å². The summed E-state index contributed by atoms with van der Waals surface area (Å²) in [6, 6.07) is 3.40. The number of ketones is 1. The van der Waals surface area contributed by atoms with Crippen LogP contribution in [0.1, 0.15) is 96.6 Å². The van der Waals surface area contributed by atoms with E-state index in [2.05, 4.69) is 20.9 Å². The summed E-state index contributed by atoms with van der Waals surface area (Å²) >= 11 is 6.83. The molecule has 1 aromatic carbocycles. The summed E-state index contributed by atoms with van der Waals surface area (Å²) in [6.45, 7) is 6.05. The van der Waals surface area contributed by atoms with Crippen LogP contribution in [-0.4, -0.2) is 64.0 Å². The molecule has 0 aliphatic carbocycles. The smallest absolute Gasteiger partial charge is 0.248 e. The monoisotopic (exact) mass is 625 g/mol. The lowest BCUT2D eigenvalue weighted by atomic mass is 9.93. The number of benzene rings is 1. The largest absolute Gasteiger partial charge is 0.343 e. The van der Waals surface area contributed by atoms with Gasteiger partial charge in [-0.2, -0.15) is 0 Å². The lowest BCUT2D eigenvalue weighted by Gasteiger charge is -2.39. The van der Waals surface area contributed by atoms with Crippen molar-refractivity contribution in [1.29, 1.82) is 0 Å². The van der Waals surface area contributed by atoms with Gasteiger partial charge in [-0.15, -0.1) is 0 Å². The highest BCUT2D eigenvalue weighted by atomic mass is 35.5. The molecule has 11 heteroatoms. The lowest BCUT2D eigenvalue weighted by molar-refractivity contribution is -0.147. The predicted molar refractivity (Wildman–Crippen MR) is 169 cm³/mol. The molecule has 10 nitrogen and oxygen atoms in total. The Labute approximate surface area is 264 Å². The van der Waals surface area contributed by atoms with E-state index in [0.29, 0.717) is 74.4 Å². The number of halogens is 1. The van der Waals surface area contributed by atoms with Crippen LogP contribution >= 0.6 is 11.6 Å². The third-order valence-electron chi connectivity index (χ3n) is 8.94. The Kier molecular flexibility index (Phi) is 11.7. The summed E-state index contributed by atoms with van der Waals surface area (Å²) in [7, 11) is 0. The number of piperidine rings is 1. The van der Waals surface area contributed by atoms with Crippen LogP contribution in [-0.2, 0) is 24.0 Å².